The van der Waals surface area contributed by atoms with Crippen LogP contribution in [-0.4, -0.2) is 88.0 Å². The Morgan fingerprint density at radius 2 is 1.32 bits per heavy atom. The lowest BCUT2D eigenvalue weighted by Crippen LogP contribution is -2.59. The lowest BCUT2D eigenvalue weighted by molar-refractivity contribution is -0.146. The van der Waals surface area contributed by atoms with Gasteiger partial charge in [0.05, 0.1) is 16.8 Å². The van der Waals surface area contributed by atoms with E-state index in [4.69, 9.17) is 4.74 Å². The first kappa shape index (κ1) is 46.3. The van der Waals surface area contributed by atoms with Crippen molar-refractivity contribution in [2.24, 2.45) is 5.92 Å². The molecule has 0 radical (unpaired) electrons. The first-order valence-corrected chi connectivity index (χ1v) is 23.0. The number of hydrogen-bond donors (Lipinski definition) is 4. The first-order chi connectivity index (χ1) is 28.7. The number of carboxylic acid groups (broad SMARTS) is 1. The number of thioether (sulfide) groups is 2. The third-order valence-corrected chi connectivity index (χ3v) is 12.8. The van der Waals surface area contributed by atoms with Crippen molar-refractivity contribution in [1.29, 1.82) is 0 Å². The second-order valence-electron chi connectivity index (χ2n) is 16.7. The summed E-state index contributed by atoms with van der Waals surface area (Å²) in [5.74, 6) is -0.758. The van der Waals surface area contributed by atoms with Crippen LogP contribution in [0.2, 0.25) is 0 Å². The molecule has 4 aromatic carbocycles. The highest BCUT2D eigenvalue weighted by molar-refractivity contribution is 8.00. The number of aliphatic carboxylic acids is 1. The summed E-state index contributed by atoms with van der Waals surface area (Å²) in [7, 11) is 0. The highest BCUT2D eigenvalue weighted by atomic mass is 32.2. The lowest BCUT2D eigenvalue weighted by atomic mass is 9.84. The smallest absolute Gasteiger partial charge is 0.407 e. The molecule has 0 bridgehead atoms. The van der Waals surface area contributed by atoms with Crippen LogP contribution < -0.4 is 16.0 Å². The van der Waals surface area contributed by atoms with Crippen LogP contribution in [0.5, 0.6) is 0 Å². The molecule has 12 heteroatoms. The summed E-state index contributed by atoms with van der Waals surface area (Å²) in [5, 5.41) is 19.4. The molecule has 0 aliphatic carbocycles. The SMILES string of the molecule is CSCCC(NC(=O)C1Cc2ccccc2CN1C(=O)[C@H](CC(C)C)NCC(CSC(c1ccccc1)(c1ccccc1)c1ccccc1)NC(=O)OC(C)(C)C)C(=O)O. The molecule has 10 nitrogen and oxygen atoms in total. The van der Waals surface area contributed by atoms with Gasteiger partial charge in [-0.15, -0.1) is 11.8 Å². The standard InChI is InChI=1S/C48H60N4O6S2/c1-33(2)28-41(44(54)52-31-35-19-17-16-18-34(35)29-42(52)43(53)51-40(45(55)56)26-27-59-6)49-30-39(50-46(57)58-47(3,4)5)32-60-48(36-20-10-7-11-21-36,37-22-12-8-13-23-37)38-24-14-9-15-25-38/h7-25,33,39-42,49H,26-32H2,1-6H3,(H,50,57)(H,51,53)(H,55,56)/t39?,40?,41-,42?/m0/s1. The van der Waals surface area contributed by atoms with Crippen molar-refractivity contribution >= 4 is 47.4 Å². The number of carboxylic acids is 1. The van der Waals surface area contributed by atoms with E-state index in [1.165, 1.54) is 11.8 Å². The average molecular weight is 853 g/mol. The first-order valence-electron chi connectivity index (χ1n) is 20.6. The number of carbonyl (C=O) groups excluding carboxylic acids is 3. The van der Waals surface area contributed by atoms with Gasteiger partial charge in [0.15, 0.2) is 0 Å². The van der Waals surface area contributed by atoms with Gasteiger partial charge in [0, 0.05) is 25.3 Å². The number of fused-ring (bicyclic) bond motifs is 1. The number of benzene rings is 4. The van der Waals surface area contributed by atoms with Gasteiger partial charge in [-0.1, -0.05) is 129 Å². The van der Waals surface area contributed by atoms with Gasteiger partial charge in [-0.3, -0.25) is 9.59 Å². The van der Waals surface area contributed by atoms with E-state index in [-0.39, 0.29) is 37.8 Å². The molecule has 60 heavy (non-hydrogen) atoms. The van der Waals surface area contributed by atoms with Crippen molar-refractivity contribution < 1.29 is 29.0 Å². The third kappa shape index (κ3) is 12.4. The van der Waals surface area contributed by atoms with Gasteiger partial charge in [-0.25, -0.2) is 9.59 Å². The van der Waals surface area contributed by atoms with E-state index >= 15 is 0 Å². The van der Waals surface area contributed by atoms with Crippen molar-refractivity contribution in [3.8, 4) is 0 Å². The number of ether oxygens (including phenoxy) is 1. The molecule has 0 fully saturated rings. The van der Waals surface area contributed by atoms with E-state index in [1.807, 2.05) is 120 Å². The van der Waals surface area contributed by atoms with Gasteiger partial charge in [-0.2, -0.15) is 11.8 Å². The summed E-state index contributed by atoms with van der Waals surface area (Å²) < 4.78 is 5.11. The van der Waals surface area contributed by atoms with E-state index in [9.17, 15) is 24.3 Å². The number of amides is 3. The topological polar surface area (TPSA) is 137 Å². The van der Waals surface area contributed by atoms with Crippen LogP contribution in [-0.2, 0) is 36.8 Å². The lowest BCUT2D eigenvalue weighted by Gasteiger charge is -2.39. The highest BCUT2D eigenvalue weighted by Gasteiger charge is 2.40. The molecule has 1 aliphatic rings. The van der Waals surface area contributed by atoms with E-state index in [1.54, 1.807) is 16.7 Å². The van der Waals surface area contributed by atoms with Gasteiger partial charge in [0.2, 0.25) is 11.8 Å². The van der Waals surface area contributed by atoms with Crippen molar-refractivity contribution in [2.75, 3.05) is 24.3 Å². The van der Waals surface area contributed by atoms with Crippen molar-refractivity contribution in [3.63, 3.8) is 0 Å². The maximum absolute atomic E-state index is 14.9. The maximum atomic E-state index is 14.9. The normalized spacial score (nSPS) is 15.7. The third-order valence-electron chi connectivity index (χ3n) is 10.4. The molecular weight excluding hydrogens is 793 g/mol. The number of alkyl carbamates (subject to hydrolysis) is 1. The second kappa shape index (κ2) is 21.7. The summed E-state index contributed by atoms with van der Waals surface area (Å²) in [4.78, 5) is 56.2. The Labute approximate surface area is 364 Å². The fraction of sp³-hybridized carbons (Fsp3) is 0.417. The second-order valence-corrected chi connectivity index (χ2v) is 18.9. The van der Waals surface area contributed by atoms with Crippen LogP contribution in [0.25, 0.3) is 0 Å². The summed E-state index contributed by atoms with van der Waals surface area (Å²) in [5.41, 5.74) is 4.40. The van der Waals surface area contributed by atoms with Gasteiger partial charge in [0.1, 0.15) is 17.7 Å². The highest BCUT2D eigenvalue weighted by Crippen LogP contribution is 2.48. The Balaban J connectivity index is 1.47. The molecule has 5 rings (SSSR count). The summed E-state index contributed by atoms with van der Waals surface area (Å²) >= 11 is 3.21. The number of nitrogens with one attached hydrogen (secondary N) is 3. The molecule has 4 aromatic rings. The van der Waals surface area contributed by atoms with Crippen molar-refractivity contribution in [1.82, 2.24) is 20.9 Å². The zero-order chi connectivity index (χ0) is 43.3. The molecule has 1 aliphatic heterocycles. The molecule has 4 atom stereocenters. The van der Waals surface area contributed by atoms with Gasteiger partial charge >= 0.3 is 12.1 Å². The Morgan fingerprint density at radius 3 is 1.82 bits per heavy atom. The molecule has 0 spiro atoms. The minimum Gasteiger partial charge on any atom is -0.480 e. The zero-order valence-electron chi connectivity index (χ0n) is 35.6. The van der Waals surface area contributed by atoms with Crippen LogP contribution >= 0.6 is 23.5 Å². The Kier molecular flexibility index (Phi) is 16.7. The fourth-order valence-electron chi connectivity index (χ4n) is 7.60. The van der Waals surface area contributed by atoms with Crippen LogP contribution in [0.4, 0.5) is 4.79 Å². The molecule has 320 valence electrons. The summed E-state index contributed by atoms with van der Waals surface area (Å²) in [6.07, 6.45) is 2.31. The van der Waals surface area contributed by atoms with Crippen molar-refractivity contribution in [2.45, 2.75) is 94.9 Å². The molecule has 0 aromatic heterocycles. The molecule has 0 saturated carbocycles. The molecule has 1 heterocycles. The molecule has 3 amide bonds. The Morgan fingerprint density at radius 1 is 0.783 bits per heavy atom. The summed E-state index contributed by atoms with van der Waals surface area (Å²) in [6, 6.07) is 35.5. The van der Waals surface area contributed by atoms with E-state index in [0.717, 1.165) is 27.8 Å². The molecule has 3 unspecified atom stereocenters. The summed E-state index contributed by atoms with van der Waals surface area (Å²) in [6.45, 7) is 9.98. The number of nitrogens with zero attached hydrogens (tertiary/aromatic N) is 1. The zero-order valence-corrected chi connectivity index (χ0v) is 37.2. The average Bonchev–Trinajstić information content (AvgIpc) is 3.23. The minimum absolute atomic E-state index is 0.104. The van der Waals surface area contributed by atoms with Crippen molar-refractivity contribution in [3.05, 3.63) is 143 Å². The molecule has 4 N–H and O–H groups in total. The fourth-order valence-corrected chi connectivity index (χ4v) is 9.63. The van der Waals surface area contributed by atoms with E-state index in [2.05, 4.69) is 52.3 Å². The van der Waals surface area contributed by atoms with Gasteiger partial charge in [-0.05, 0) is 79.4 Å². The van der Waals surface area contributed by atoms with Gasteiger partial charge < -0.3 is 30.7 Å². The predicted molar refractivity (Wildman–Crippen MR) is 243 cm³/mol. The quantitative estimate of drug-likeness (QED) is 0.0695. The van der Waals surface area contributed by atoms with Crippen LogP contribution in [0.3, 0.4) is 0 Å². The number of rotatable bonds is 19. The molecular formula is C48H60N4O6S2. The van der Waals surface area contributed by atoms with E-state index in [0.29, 0.717) is 17.9 Å². The van der Waals surface area contributed by atoms with Crippen LogP contribution in [0.1, 0.15) is 75.3 Å². The van der Waals surface area contributed by atoms with Crippen LogP contribution in [0, 0.1) is 5.92 Å². The Bertz CT molecular complexity index is 1910. The minimum atomic E-state index is -1.11. The Hall–Kier alpha value is -4.78. The predicted octanol–water partition coefficient (Wildman–Crippen LogP) is 7.89. The maximum Gasteiger partial charge on any atom is 0.407 e. The van der Waals surface area contributed by atoms with Crippen LogP contribution in [0.15, 0.2) is 115 Å². The molecule has 0 saturated heterocycles. The number of carbonyl (C=O) groups is 4. The van der Waals surface area contributed by atoms with E-state index < -0.39 is 52.5 Å². The monoisotopic (exact) mass is 852 g/mol. The number of hydrogen-bond acceptors (Lipinski definition) is 8. The largest absolute Gasteiger partial charge is 0.480 e. The van der Waals surface area contributed by atoms with Gasteiger partial charge in [0.25, 0.3) is 0 Å².